The molecule has 0 saturated heterocycles. The zero-order valence-corrected chi connectivity index (χ0v) is 28.9. The standard InChI is InChI=1S/2C15H12O2.2C6H5.Sn/c2*16-14(12-7-3-1-4-8-12)11-15(17)13-9-5-2-6-10-13;2*1-2-4-6-5-3-1;/h2*1-10H,11H2;2*1-5H;/q;;;;+2/p+4. The third kappa shape index (κ3) is 12.3. The Balaban J connectivity index is 0.000000161. The minimum atomic E-state index is -0.517. The Labute approximate surface area is 286 Å². The van der Waals surface area contributed by atoms with Crippen LogP contribution in [0.3, 0.4) is 0 Å². The van der Waals surface area contributed by atoms with E-state index in [-0.39, 0.29) is 36.0 Å². The SMILES string of the molecule is [OH+]=C(CC(=[OH+])c1ccccc1)c1ccccc1.[OH+]=C(CC(=[OH+])c1ccccc1)c1ccccc1.c1cc[c]([Sn+2][c]2ccccc2)cc1. The minimum absolute atomic E-state index is 0.147. The van der Waals surface area contributed by atoms with E-state index in [0.29, 0.717) is 0 Å². The van der Waals surface area contributed by atoms with Crippen LogP contribution in [0.2, 0.25) is 0 Å². The molecule has 0 unspecified atom stereocenters. The van der Waals surface area contributed by atoms with Gasteiger partial charge in [0.05, 0.1) is 22.3 Å². The van der Waals surface area contributed by atoms with E-state index < -0.39 is 21.1 Å². The van der Waals surface area contributed by atoms with Gasteiger partial charge >= 0.3 is 112 Å². The van der Waals surface area contributed by atoms with Crippen LogP contribution in [0.1, 0.15) is 35.1 Å². The average Bonchev–Trinajstić information content (AvgIpc) is 3.14. The average molecular weight is 725 g/mol. The number of hydrogen-bond donors (Lipinski definition) is 0. The van der Waals surface area contributed by atoms with E-state index in [1.807, 2.05) is 121 Å². The predicted molar refractivity (Wildman–Crippen MR) is 197 cm³/mol. The first-order valence-electron chi connectivity index (χ1n) is 15.3. The van der Waals surface area contributed by atoms with E-state index in [4.69, 9.17) is 0 Å². The van der Waals surface area contributed by atoms with Crippen LogP contribution in [0.5, 0.6) is 0 Å². The van der Waals surface area contributed by atoms with Crippen LogP contribution < -0.4 is 7.16 Å². The van der Waals surface area contributed by atoms with Crippen molar-refractivity contribution < 1.29 is 19.2 Å². The first-order valence-corrected chi connectivity index (χ1v) is 18.1. The fourth-order valence-electron chi connectivity index (χ4n) is 4.46. The van der Waals surface area contributed by atoms with Crippen molar-refractivity contribution in [2.45, 2.75) is 12.8 Å². The molecule has 0 aliphatic carbocycles. The van der Waals surface area contributed by atoms with E-state index in [0.717, 1.165) is 22.3 Å². The Bertz CT molecular complexity index is 1590. The molecule has 0 heterocycles. The molecule has 0 saturated carbocycles. The molecule has 0 aliphatic heterocycles. The molecule has 5 heteroatoms. The van der Waals surface area contributed by atoms with Crippen LogP contribution in [0.15, 0.2) is 182 Å². The summed E-state index contributed by atoms with van der Waals surface area (Å²) in [6.07, 6.45) is 0.294. The van der Waals surface area contributed by atoms with Gasteiger partial charge in [-0.05, 0) is 48.5 Å². The van der Waals surface area contributed by atoms with Gasteiger partial charge in [-0.15, -0.1) is 0 Å². The molecule has 6 aromatic carbocycles. The first-order chi connectivity index (χ1) is 23.0. The van der Waals surface area contributed by atoms with Crippen LogP contribution in [0.4, 0.5) is 0 Å². The molecule has 6 aromatic rings. The molecule has 228 valence electrons. The number of benzene rings is 6. The van der Waals surface area contributed by atoms with Gasteiger partial charge in [0.1, 0.15) is 0 Å². The number of hydrogen-bond acceptors (Lipinski definition) is 0. The summed E-state index contributed by atoms with van der Waals surface area (Å²) in [5.41, 5.74) is 2.93. The summed E-state index contributed by atoms with van der Waals surface area (Å²) in [7, 11) is 0. The fourth-order valence-corrected chi connectivity index (χ4v) is 7.46. The van der Waals surface area contributed by atoms with Crippen molar-refractivity contribution in [1.29, 1.82) is 0 Å². The molecule has 4 nitrogen and oxygen atoms in total. The Hall–Kier alpha value is -5.20. The van der Waals surface area contributed by atoms with Crippen molar-refractivity contribution in [2.24, 2.45) is 0 Å². The van der Waals surface area contributed by atoms with Gasteiger partial charge in [-0.1, -0.05) is 72.8 Å². The van der Waals surface area contributed by atoms with Crippen molar-refractivity contribution in [3.05, 3.63) is 204 Å². The summed E-state index contributed by atoms with van der Waals surface area (Å²) in [5, 5.41) is 0. The van der Waals surface area contributed by atoms with Crippen LogP contribution >= 0.6 is 0 Å². The Kier molecular flexibility index (Phi) is 14.3. The van der Waals surface area contributed by atoms with Crippen LogP contribution in [0.25, 0.3) is 0 Å². The third-order valence-corrected chi connectivity index (χ3v) is 10.5. The van der Waals surface area contributed by atoms with E-state index in [1.54, 1.807) is 0 Å². The molecule has 0 radical (unpaired) electrons. The second-order valence-corrected chi connectivity index (χ2v) is 14.5. The number of carbonyl (C=O) groups excluding carboxylic acids is 4. The molecule has 0 atom stereocenters. The van der Waals surface area contributed by atoms with Gasteiger partial charge in [-0.2, -0.15) is 0 Å². The Morgan fingerprint density at radius 2 is 0.489 bits per heavy atom. The van der Waals surface area contributed by atoms with Gasteiger partial charge in [-0.3, -0.25) is 19.2 Å². The van der Waals surface area contributed by atoms with Crippen molar-refractivity contribution >= 4 is 51.4 Å². The van der Waals surface area contributed by atoms with Gasteiger partial charge in [0.15, 0.2) is 12.8 Å². The van der Waals surface area contributed by atoms with Gasteiger partial charge < -0.3 is 0 Å². The van der Waals surface area contributed by atoms with Gasteiger partial charge in [0, 0.05) is 0 Å². The quantitative estimate of drug-likeness (QED) is 0.0672. The van der Waals surface area contributed by atoms with E-state index in [2.05, 4.69) is 60.7 Å². The number of ketones is 4. The van der Waals surface area contributed by atoms with E-state index in [9.17, 15) is 19.2 Å². The summed E-state index contributed by atoms with van der Waals surface area (Å²) in [5.74, 6) is 0.692. The van der Waals surface area contributed by atoms with Crippen molar-refractivity contribution in [3.63, 3.8) is 0 Å². The molecular formula is C42H38O4Sn+6. The topological polar surface area (TPSA) is 85.6 Å². The zero-order chi connectivity index (χ0) is 33.1. The molecule has 0 fully saturated rings. The fraction of sp³-hybridized carbons (Fsp3) is 0.0476. The molecule has 6 rings (SSSR count). The van der Waals surface area contributed by atoms with Crippen molar-refractivity contribution in [1.82, 2.24) is 0 Å². The molecule has 0 aliphatic rings. The maximum atomic E-state index is 9.89. The van der Waals surface area contributed by atoms with Crippen molar-refractivity contribution in [3.8, 4) is 0 Å². The van der Waals surface area contributed by atoms with Crippen molar-refractivity contribution in [2.75, 3.05) is 0 Å². The first kappa shape index (κ1) is 34.7. The molecule has 0 bridgehead atoms. The van der Waals surface area contributed by atoms with Gasteiger partial charge in [-0.25, -0.2) is 0 Å². The van der Waals surface area contributed by atoms with Gasteiger partial charge in [0.25, 0.3) is 0 Å². The molecule has 0 amide bonds. The molecule has 47 heavy (non-hydrogen) atoms. The van der Waals surface area contributed by atoms with Crippen LogP contribution in [0, 0.1) is 0 Å². The molecular weight excluding hydrogens is 687 g/mol. The summed E-state index contributed by atoms with van der Waals surface area (Å²) < 4.78 is 3.08. The van der Waals surface area contributed by atoms with Gasteiger partial charge in [0.2, 0.25) is 0 Å². The molecule has 4 N–H and O–H groups in total. The summed E-state index contributed by atoms with van der Waals surface area (Å²) in [6, 6.07) is 58.5. The zero-order valence-electron chi connectivity index (χ0n) is 26.0. The normalized spacial score (nSPS) is 9.70. The number of rotatable bonds is 10. The molecule has 0 aromatic heterocycles. The Morgan fingerprint density at radius 3 is 0.702 bits per heavy atom. The third-order valence-electron chi connectivity index (χ3n) is 6.93. The van der Waals surface area contributed by atoms with Crippen LogP contribution in [-0.2, 0) is 0 Å². The summed E-state index contributed by atoms with van der Waals surface area (Å²) in [6.45, 7) is 0. The van der Waals surface area contributed by atoms with E-state index in [1.165, 1.54) is 7.16 Å². The Morgan fingerprint density at radius 1 is 0.298 bits per heavy atom. The van der Waals surface area contributed by atoms with Crippen LogP contribution in [-0.4, -0.2) is 63.5 Å². The van der Waals surface area contributed by atoms with E-state index >= 15 is 0 Å². The second-order valence-electron chi connectivity index (χ2n) is 10.5. The summed E-state index contributed by atoms with van der Waals surface area (Å²) >= 11 is -0.517. The maximum absolute atomic E-state index is 9.89. The monoisotopic (exact) mass is 726 g/mol. The predicted octanol–water partition coefficient (Wildman–Crippen LogP) is 6.47. The molecule has 0 spiro atoms. The second kappa shape index (κ2) is 19.3. The summed E-state index contributed by atoms with van der Waals surface area (Å²) in [4.78, 5) is 39.6.